The normalized spacial score (nSPS) is 13.4. The third-order valence-electron chi connectivity index (χ3n) is 5.37. The predicted octanol–water partition coefficient (Wildman–Crippen LogP) is 3.09. The van der Waals surface area contributed by atoms with Crippen molar-refractivity contribution < 1.29 is 19.3 Å². The molecule has 0 fully saturated rings. The quantitative estimate of drug-likeness (QED) is 0.362. The van der Waals surface area contributed by atoms with Crippen LogP contribution >= 0.6 is 23.2 Å². The van der Waals surface area contributed by atoms with E-state index in [9.17, 15) is 10.2 Å². The maximum Gasteiger partial charge on any atom is 0.244 e. The van der Waals surface area contributed by atoms with Crippen molar-refractivity contribution in [2.24, 2.45) is 0 Å². The summed E-state index contributed by atoms with van der Waals surface area (Å²) in [5, 5.41) is 22.9. The van der Waals surface area contributed by atoms with Crippen LogP contribution in [0, 0.1) is 0 Å². The average Bonchev–Trinajstić information content (AvgIpc) is 3.31. The van der Waals surface area contributed by atoms with Crippen LogP contribution in [-0.2, 0) is 26.2 Å². The van der Waals surface area contributed by atoms with E-state index in [4.69, 9.17) is 23.2 Å². The number of rotatable bonds is 0. The molecule has 2 aromatic heterocycles. The van der Waals surface area contributed by atoms with Crippen molar-refractivity contribution >= 4 is 23.2 Å². The Morgan fingerprint density at radius 1 is 0.667 bits per heavy atom. The lowest BCUT2D eigenvalue weighted by Crippen LogP contribution is -2.33. The molecule has 3 heterocycles. The lowest BCUT2D eigenvalue weighted by molar-refractivity contribution is -0.688. The fourth-order valence-electron chi connectivity index (χ4n) is 3.96. The van der Waals surface area contributed by atoms with Crippen molar-refractivity contribution in [3.05, 3.63) is 94.0 Å². The van der Waals surface area contributed by atoms with Crippen LogP contribution in [0.5, 0.6) is 11.5 Å². The van der Waals surface area contributed by atoms with Gasteiger partial charge in [-0.15, -0.1) is 0 Å². The van der Waals surface area contributed by atoms with E-state index < -0.39 is 0 Å². The highest BCUT2D eigenvalue weighted by atomic mass is 35.5. The standard InChI is InChI=1S/C22H18Cl2N4O2/c23-19-5-15-9-25-1-2-26(13-25)10-16-6-20(24)8-18(22(16)30)12-28-4-3-27(14-28)11-17(7-19)21(15)29/h1-8,13-14H,9-12H2/p+2. The van der Waals surface area contributed by atoms with Crippen molar-refractivity contribution in [1.29, 1.82) is 0 Å². The smallest absolute Gasteiger partial charge is 0.244 e. The highest BCUT2D eigenvalue weighted by Gasteiger charge is 2.19. The number of imidazole rings is 2. The number of halogens is 2. The molecule has 0 saturated heterocycles. The van der Waals surface area contributed by atoms with Gasteiger partial charge in [-0.2, -0.15) is 0 Å². The van der Waals surface area contributed by atoms with Gasteiger partial charge < -0.3 is 10.2 Å². The molecule has 6 nitrogen and oxygen atoms in total. The Morgan fingerprint density at radius 2 is 1.07 bits per heavy atom. The molecule has 1 aliphatic rings. The summed E-state index contributed by atoms with van der Waals surface area (Å²) < 4.78 is 7.86. The molecule has 0 saturated carbocycles. The Bertz CT molecular complexity index is 1080. The molecular weight excluding hydrogens is 423 g/mol. The number of hydrogen-bond acceptors (Lipinski definition) is 2. The second kappa shape index (κ2) is 7.38. The molecule has 0 amide bonds. The molecule has 0 radical (unpaired) electrons. The largest absolute Gasteiger partial charge is 0.507 e. The number of nitrogens with zero attached hydrogens (tertiary/aromatic N) is 4. The summed E-state index contributed by atoms with van der Waals surface area (Å²) in [6.07, 6.45) is 11.6. The number of phenolic OH excluding ortho intramolecular Hbond substituents is 2. The summed E-state index contributed by atoms with van der Waals surface area (Å²) in [5.41, 5.74) is 3.00. The van der Waals surface area contributed by atoms with Gasteiger partial charge in [0.15, 0.2) is 0 Å². The van der Waals surface area contributed by atoms with E-state index in [-0.39, 0.29) is 11.5 Å². The molecule has 2 N–H and O–H groups in total. The highest BCUT2D eigenvalue weighted by Crippen LogP contribution is 2.29. The van der Waals surface area contributed by atoms with Gasteiger partial charge in [0.05, 0.1) is 0 Å². The Hall–Kier alpha value is -2.96. The first-order valence-electron chi connectivity index (χ1n) is 9.55. The van der Waals surface area contributed by atoms with Gasteiger partial charge in [0.2, 0.25) is 12.7 Å². The molecule has 1 aliphatic heterocycles. The predicted molar refractivity (Wildman–Crippen MR) is 112 cm³/mol. The summed E-state index contributed by atoms with van der Waals surface area (Å²) in [5.74, 6) is 0.503. The Labute approximate surface area is 183 Å². The minimum atomic E-state index is 0.252. The first kappa shape index (κ1) is 19.0. The number of phenols is 2. The van der Waals surface area contributed by atoms with Crippen LogP contribution in [0.15, 0.2) is 61.7 Å². The van der Waals surface area contributed by atoms with Gasteiger partial charge in [0.1, 0.15) is 62.5 Å². The molecule has 0 atom stereocenters. The highest BCUT2D eigenvalue weighted by molar-refractivity contribution is 6.31. The zero-order chi connectivity index (χ0) is 20.8. The van der Waals surface area contributed by atoms with Gasteiger partial charge in [-0.25, -0.2) is 18.3 Å². The number of aromatic nitrogens is 4. The molecule has 8 bridgehead atoms. The van der Waals surface area contributed by atoms with Crippen molar-refractivity contribution in [3.63, 3.8) is 0 Å². The molecule has 4 aromatic rings. The maximum absolute atomic E-state index is 10.8. The molecule has 2 aromatic carbocycles. The van der Waals surface area contributed by atoms with E-state index in [0.29, 0.717) is 36.2 Å². The van der Waals surface area contributed by atoms with Crippen LogP contribution in [-0.4, -0.2) is 19.3 Å². The maximum atomic E-state index is 10.8. The number of fused-ring (bicyclic) bond motifs is 8. The van der Waals surface area contributed by atoms with Crippen LogP contribution in [0.25, 0.3) is 0 Å². The van der Waals surface area contributed by atoms with Gasteiger partial charge in [-0.05, 0) is 24.3 Å². The van der Waals surface area contributed by atoms with Crippen molar-refractivity contribution in [2.45, 2.75) is 26.2 Å². The van der Waals surface area contributed by atoms with E-state index in [2.05, 4.69) is 0 Å². The van der Waals surface area contributed by atoms with Gasteiger partial charge >= 0.3 is 0 Å². The van der Waals surface area contributed by atoms with Gasteiger partial charge in [-0.1, -0.05) is 23.2 Å². The average molecular weight is 443 g/mol. The van der Waals surface area contributed by atoms with E-state index in [1.54, 1.807) is 24.3 Å². The zero-order valence-electron chi connectivity index (χ0n) is 16.0. The minimum absolute atomic E-state index is 0.252. The summed E-state index contributed by atoms with van der Waals surface area (Å²) in [4.78, 5) is 0. The Balaban J connectivity index is 1.65. The van der Waals surface area contributed by atoms with Crippen LogP contribution in [0.2, 0.25) is 10.0 Å². The zero-order valence-corrected chi connectivity index (χ0v) is 17.6. The molecule has 30 heavy (non-hydrogen) atoms. The van der Waals surface area contributed by atoms with Crippen molar-refractivity contribution in [3.8, 4) is 11.5 Å². The number of aromatic hydroxyl groups is 2. The Morgan fingerprint density at radius 3 is 1.53 bits per heavy atom. The molecule has 8 heteroatoms. The molecule has 152 valence electrons. The lowest BCUT2D eigenvalue weighted by Gasteiger charge is -2.10. The van der Waals surface area contributed by atoms with Crippen LogP contribution in [0.3, 0.4) is 0 Å². The number of benzene rings is 2. The van der Waals surface area contributed by atoms with E-state index in [1.807, 2.05) is 55.7 Å². The first-order valence-corrected chi connectivity index (χ1v) is 10.3. The third-order valence-corrected chi connectivity index (χ3v) is 5.81. The molecular formula is C22H20Cl2N4O2+2. The van der Waals surface area contributed by atoms with E-state index in [0.717, 1.165) is 22.3 Å². The second-order valence-electron chi connectivity index (χ2n) is 7.66. The van der Waals surface area contributed by atoms with Crippen molar-refractivity contribution in [1.82, 2.24) is 9.13 Å². The number of hydrogen-bond donors (Lipinski definition) is 2. The van der Waals surface area contributed by atoms with E-state index in [1.165, 1.54) is 0 Å². The van der Waals surface area contributed by atoms with Crippen LogP contribution in [0.1, 0.15) is 22.3 Å². The minimum Gasteiger partial charge on any atom is -0.507 e. The molecule has 0 aliphatic carbocycles. The SMILES string of the molecule is Oc1c2cc(Cl)cc1Cn1cc[n+](c1)Cc1cc(Cl)cc(c1O)C[n+]1ccn(c1)C2. The lowest BCUT2D eigenvalue weighted by atomic mass is 10.1. The van der Waals surface area contributed by atoms with Crippen molar-refractivity contribution in [2.75, 3.05) is 0 Å². The summed E-state index contributed by atoms with van der Waals surface area (Å²) in [7, 11) is 0. The van der Waals surface area contributed by atoms with E-state index >= 15 is 0 Å². The first-order chi connectivity index (χ1) is 14.4. The summed E-state index contributed by atoms with van der Waals surface area (Å²) in [6.45, 7) is 1.91. The third kappa shape index (κ3) is 3.64. The van der Waals surface area contributed by atoms with Crippen LogP contribution in [0.4, 0.5) is 0 Å². The Kier molecular flexibility index (Phi) is 4.68. The van der Waals surface area contributed by atoms with Crippen LogP contribution < -0.4 is 9.13 Å². The fourth-order valence-corrected chi connectivity index (χ4v) is 4.48. The molecule has 5 rings (SSSR count). The van der Waals surface area contributed by atoms with Gasteiger partial charge in [0, 0.05) is 32.3 Å². The molecule has 0 spiro atoms. The summed E-state index contributed by atoms with van der Waals surface area (Å²) >= 11 is 12.7. The summed E-state index contributed by atoms with van der Waals surface area (Å²) in [6, 6.07) is 7.16. The fraction of sp³-hybridized carbons (Fsp3) is 0.182. The topological polar surface area (TPSA) is 58.1 Å². The monoisotopic (exact) mass is 442 g/mol. The van der Waals surface area contributed by atoms with Gasteiger partial charge in [-0.3, -0.25) is 0 Å². The van der Waals surface area contributed by atoms with Gasteiger partial charge in [0.25, 0.3) is 0 Å². The molecule has 0 unspecified atom stereocenters. The second-order valence-corrected chi connectivity index (χ2v) is 8.53.